The molecule has 4 rings (SSSR count). The summed E-state index contributed by atoms with van der Waals surface area (Å²) in [5.41, 5.74) is 13.4. The maximum Gasteiger partial charge on any atom is 0.225 e. The second-order valence-electron chi connectivity index (χ2n) is 5.81. The van der Waals surface area contributed by atoms with Gasteiger partial charge in [0.25, 0.3) is 0 Å². The molecule has 0 aliphatic heterocycles. The van der Waals surface area contributed by atoms with Crippen molar-refractivity contribution in [1.29, 1.82) is 0 Å². The number of benzene rings is 3. The van der Waals surface area contributed by atoms with Crippen LogP contribution in [0.3, 0.4) is 0 Å². The average molecular weight is 343 g/mol. The lowest BCUT2D eigenvalue weighted by molar-refractivity contribution is 0.308. The van der Waals surface area contributed by atoms with Crippen LogP contribution in [0.2, 0.25) is 0 Å². The van der Waals surface area contributed by atoms with E-state index in [-0.39, 0.29) is 11.9 Å². The van der Waals surface area contributed by atoms with Crippen molar-refractivity contribution in [3.05, 3.63) is 72.3 Å². The molecule has 4 aromatic rings. The molecule has 0 fully saturated rings. The van der Waals surface area contributed by atoms with E-state index in [0.717, 1.165) is 21.9 Å². The SMILES string of the molecule is Nc1nc(N)nc(-c2c(OCc3ccccc3)ccc3ccccc23)n1. The van der Waals surface area contributed by atoms with Crippen LogP contribution >= 0.6 is 0 Å². The number of hydrogen-bond donors (Lipinski definition) is 2. The molecule has 0 amide bonds. The first kappa shape index (κ1) is 15.8. The van der Waals surface area contributed by atoms with E-state index in [1.54, 1.807) is 0 Å². The fourth-order valence-corrected chi connectivity index (χ4v) is 2.86. The van der Waals surface area contributed by atoms with E-state index < -0.39 is 0 Å². The fourth-order valence-electron chi connectivity index (χ4n) is 2.86. The normalized spacial score (nSPS) is 10.8. The molecule has 0 aliphatic rings. The number of nitrogens with two attached hydrogens (primary N) is 2. The fraction of sp³-hybridized carbons (Fsp3) is 0.0500. The van der Waals surface area contributed by atoms with Crippen LogP contribution in [-0.2, 0) is 6.61 Å². The maximum atomic E-state index is 6.08. The Morgan fingerprint density at radius 1 is 0.731 bits per heavy atom. The van der Waals surface area contributed by atoms with E-state index in [4.69, 9.17) is 16.2 Å². The molecule has 0 spiro atoms. The number of nitrogens with zero attached hydrogens (tertiary/aromatic N) is 3. The van der Waals surface area contributed by atoms with Crippen LogP contribution in [0.4, 0.5) is 11.9 Å². The van der Waals surface area contributed by atoms with E-state index in [0.29, 0.717) is 18.2 Å². The van der Waals surface area contributed by atoms with Gasteiger partial charge in [0.2, 0.25) is 11.9 Å². The molecule has 0 saturated carbocycles. The van der Waals surface area contributed by atoms with Crippen LogP contribution in [0.15, 0.2) is 66.7 Å². The van der Waals surface area contributed by atoms with Crippen molar-refractivity contribution >= 4 is 22.7 Å². The van der Waals surface area contributed by atoms with Gasteiger partial charge in [0.1, 0.15) is 12.4 Å². The molecular weight excluding hydrogens is 326 g/mol. The highest BCUT2D eigenvalue weighted by Crippen LogP contribution is 2.36. The Labute approximate surface area is 150 Å². The summed E-state index contributed by atoms with van der Waals surface area (Å²) in [5.74, 6) is 1.22. The quantitative estimate of drug-likeness (QED) is 0.589. The van der Waals surface area contributed by atoms with Gasteiger partial charge in [-0.3, -0.25) is 0 Å². The average Bonchev–Trinajstić information content (AvgIpc) is 2.66. The van der Waals surface area contributed by atoms with Gasteiger partial charge in [-0.15, -0.1) is 0 Å². The number of anilines is 2. The summed E-state index contributed by atoms with van der Waals surface area (Å²) in [6.45, 7) is 0.433. The molecule has 0 atom stereocenters. The van der Waals surface area contributed by atoms with Gasteiger partial charge in [0.05, 0.1) is 5.56 Å². The summed E-state index contributed by atoms with van der Waals surface area (Å²) in [4.78, 5) is 12.4. The van der Waals surface area contributed by atoms with Crippen molar-refractivity contribution in [2.45, 2.75) is 6.61 Å². The Morgan fingerprint density at radius 2 is 1.42 bits per heavy atom. The molecular formula is C20H17N5O. The molecule has 4 N–H and O–H groups in total. The zero-order valence-corrected chi connectivity index (χ0v) is 14.0. The topological polar surface area (TPSA) is 99.9 Å². The van der Waals surface area contributed by atoms with Crippen LogP contribution in [0.1, 0.15) is 5.56 Å². The number of hydrogen-bond acceptors (Lipinski definition) is 6. The van der Waals surface area contributed by atoms with Gasteiger partial charge in [-0.25, -0.2) is 0 Å². The van der Waals surface area contributed by atoms with E-state index >= 15 is 0 Å². The summed E-state index contributed by atoms with van der Waals surface area (Å²) in [6, 6.07) is 21.8. The standard InChI is InChI=1S/C20H17N5O/c21-19-23-18(24-20(22)25-19)17-15-9-5-4-8-14(15)10-11-16(17)26-12-13-6-2-1-3-7-13/h1-11H,12H2,(H4,21,22,23,24,25). The van der Waals surface area contributed by atoms with E-state index in [1.807, 2.05) is 66.7 Å². The Bertz CT molecular complexity index is 1050. The third-order valence-electron chi connectivity index (χ3n) is 4.02. The van der Waals surface area contributed by atoms with Crippen molar-refractivity contribution < 1.29 is 4.74 Å². The highest BCUT2D eigenvalue weighted by molar-refractivity contribution is 5.98. The molecule has 1 heterocycles. The summed E-state index contributed by atoms with van der Waals surface area (Å²) >= 11 is 0. The molecule has 6 heteroatoms. The number of rotatable bonds is 4. The summed E-state index contributed by atoms with van der Waals surface area (Å²) < 4.78 is 6.08. The van der Waals surface area contributed by atoms with Crippen molar-refractivity contribution in [3.8, 4) is 17.1 Å². The minimum Gasteiger partial charge on any atom is -0.488 e. The highest BCUT2D eigenvalue weighted by Gasteiger charge is 2.15. The number of fused-ring (bicyclic) bond motifs is 1. The molecule has 3 aromatic carbocycles. The van der Waals surface area contributed by atoms with Crippen LogP contribution < -0.4 is 16.2 Å². The lowest BCUT2D eigenvalue weighted by Gasteiger charge is -2.14. The van der Waals surface area contributed by atoms with Crippen molar-refractivity contribution in [1.82, 2.24) is 15.0 Å². The van der Waals surface area contributed by atoms with Gasteiger partial charge >= 0.3 is 0 Å². The Kier molecular flexibility index (Phi) is 4.07. The van der Waals surface area contributed by atoms with Crippen molar-refractivity contribution in [2.75, 3.05) is 11.5 Å². The summed E-state index contributed by atoms with van der Waals surface area (Å²) in [6.07, 6.45) is 0. The van der Waals surface area contributed by atoms with Crippen molar-refractivity contribution in [2.24, 2.45) is 0 Å². The van der Waals surface area contributed by atoms with Crippen LogP contribution in [0, 0.1) is 0 Å². The minimum atomic E-state index is 0.0782. The number of aromatic nitrogens is 3. The summed E-state index contributed by atoms with van der Waals surface area (Å²) in [5, 5.41) is 2.01. The van der Waals surface area contributed by atoms with E-state index in [1.165, 1.54) is 0 Å². The Hall–Kier alpha value is -3.67. The Morgan fingerprint density at radius 3 is 2.19 bits per heavy atom. The van der Waals surface area contributed by atoms with Gasteiger partial charge in [-0.05, 0) is 22.4 Å². The lowest BCUT2D eigenvalue weighted by Crippen LogP contribution is -2.05. The predicted octanol–water partition coefficient (Wildman–Crippen LogP) is 3.44. The largest absolute Gasteiger partial charge is 0.488 e. The molecule has 0 unspecified atom stereocenters. The summed E-state index contributed by atoms with van der Waals surface area (Å²) in [7, 11) is 0. The third-order valence-corrected chi connectivity index (χ3v) is 4.02. The first-order valence-electron chi connectivity index (χ1n) is 8.16. The van der Waals surface area contributed by atoms with Gasteiger partial charge in [0.15, 0.2) is 5.82 Å². The molecule has 0 bridgehead atoms. The van der Waals surface area contributed by atoms with Gasteiger partial charge in [-0.2, -0.15) is 15.0 Å². The van der Waals surface area contributed by atoms with Gasteiger partial charge < -0.3 is 16.2 Å². The first-order chi connectivity index (χ1) is 12.7. The molecule has 0 aliphatic carbocycles. The zero-order valence-electron chi connectivity index (χ0n) is 14.0. The van der Waals surface area contributed by atoms with Gasteiger partial charge in [0, 0.05) is 0 Å². The van der Waals surface area contributed by atoms with Gasteiger partial charge in [-0.1, -0.05) is 60.7 Å². The zero-order chi connectivity index (χ0) is 17.9. The predicted molar refractivity (Wildman–Crippen MR) is 102 cm³/mol. The molecule has 0 radical (unpaired) electrons. The molecule has 26 heavy (non-hydrogen) atoms. The molecule has 128 valence electrons. The first-order valence-corrected chi connectivity index (χ1v) is 8.16. The monoisotopic (exact) mass is 343 g/mol. The second-order valence-corrected chi connectivity index (χ2v) is 5.81. The second kappa shape index (κ2) is 6.68. The molecule has 0 saturated heterocycles. The molecule has 1 aromatic heterocycles. The number of ether oxygens (including phenoxy) is 1. The van der Waals surface area contributed by atoms with Crippen LogP contribution in [-0.4, -0.2) is 15.0 Å². The van der Waals surface area contributed by atoms with E-state index in [9.17, 15) is 0 Å². The molecule has 6 nitrogen and oxygen atoms in total. The maximum absolute atomic E-state index is 6.08. The van der Waals surface area contributed by atoms with Crippen LogP contribution in [0.5, 0.6) is 5.75 Å². The van der Waals surface area contributed by atoms with Crippen LogP contribution in [0.25, 0.3) is 22.2 Å². The van der Waals surface area contributed by atoms with E-state index in [2.05, 4.69) is 15.0 Å². The minimum absolute atomic E-state index is 0.0782. The van der Waals surface area contributed by atoms with Crippen molar-refractivity contribution in [3.63, 3.8) is 0 Å². The highest BCUT2D eigenvalue weighted by atomic mass is 16.5. The third kappa shape index (κ3) is 3.12. The Balaban J connectivity index is 1.84. The number of nitrogen functional groups attached to an aromatic ring is 2. The smallest absolute Gasteiger partial charge is 0.225 e. The lowest BCUT2D eigenvalue weighted by atomic mass is 10.0.